The molecule has 0 spiro atoms. The zero-order chi connectivity index (χ0) is 12.3. The van der Waals surface area contributed by atoms with E-state index in [1.807, 2.05) is 12.1 Å². The topological polar surface area (TPSA) is 26.3 Å². The lowest BCUT2D eigenvalue weighted by Crippen LogP contribution is -2.24. The summed E-state index contributed by atoms with van der Waals surface area (Å²) in [5, 5.41) is 0. The van der Waals surface area contributed by atoms with Gasteiger partial charge in [0.15, 0.2) is 0 Å². The molecule has 2 rings (SSSR count). The standard InChI is InChI=1S/C14H17BrO2/c1-10(7-8-16)11-5-6-14(13(15)9-11)17-12-3-2-4-12/h5-6,8-10,12H,2-4,7H2,1H3. The van der Waals surface area contributed by atoms with Crippen LogP contribution in [-0.2, 0) is 4.79 Å². The fraction of sp³-hybridized carbons (Fsp3) is 0.500. The van der Waals surface area contributed by atoms with E-state index in [4.69, 9.17) is 4.74 Å². The second-order valence-corrected chi connectivity index (χ2v) is 5.52. The highest BCUT2D eigenvalue weighted by molar-refractivity contribution is 9.10. The molecular formula is C14H17BrO2. The van der Waals surface area contributed by atoms with Gasteiger partial charge in [-0.05, 0) is 58.8 Å². The van der Waals surface area contributed by atoms with Crippen molar-refractivity contribution in [3.63, 3.8) is 0 Å². The first kappa shape index (κ1) is 12.6. The van der Waals surface area contributed by atoms with Gasteiger partial charge in [0.1, 0.15) is 12.0 Å². The van der Waals surface area contributed by atoms with Crippen LogP contribution in [0.4, 0.5) is 0 Å². The van der Waals surface area contributed by atoms with Crippen LogP contribution >= 0.6 is 15.9 Å². The molecule has 1 fully saturated rings. The van der Waals surface area contributed by atoms with E-state index in [1.165, 1.54) is 12.0 Å². The number of benzene rings is 1. The molecule has 1 unspecified atom stereocenters. The van der Waals surface area contributed by atoms with Crippen molar-refractivity contribution < 1.29 is 9.53 Å². The number of ether oxygens (including phenoxy) is 1. The Morgan fingerprint density at radius 1 is 1.53 bits per heavy atom. The maximum atomic E-state index is 10.5. The van der Waals surface area contributed by atoms with Crippen LogP contribution in [0, 0.1) is 0 Å². The normalized spacial score (nSPS) is 17.3. The van der Waals surface area contributed by atoms with Crippen LogP contribution in [0.25, 0.3) is 0 Å². The zero-order valence-electron chi connectivity index (χ0n) is 9.99. The van der Waals surface area contributed by atoms with Gasteiger partial charge in [0.25, 0.3) is 0 Å². The van der Waals surface area contributed by atoms with Crippen LogP contribution in [-0.4, -0.2) is 12.4 Å². The molecule has 0 saturated heterocycles. The van der Waals surface area contributed by atoms with Gasteiger partial charge in [0, 0.05) is 6.42 Å². The molecule has 0 bridgehead atoms. The molecule has 1 saturated carbocycles. The van der Waals surface area contributed by atoms with Crippen LogP contribution in [0.15, 0.2) is 22.7 Å². The Balaban J connectivity index is 2.07. The molecule has 0 heterocycles. The lowest BCUT2D eigenvalue weighted by molar-refractivity contribution is -0.108. The zero-order valence-corrected chi connectivity index (χ0v) is 11.6. The van der Waals surface area contributed by atoms with E-state index in [2.05, 4.69) is 28.9 Å². The Morgan fingerprint density at radius 2 is 2.29 bits per heavy atom. The van der Waals surface area contributed by atoms with Gasteiger partial charge in [-0.1, -0.05) is 13.0 Å². The molecule has 0 amide bonds. The summed E-state index contributed by atoms with van der Waals surface area (Å²) in [6, 6.07) is 6.11. The van der Waals surface area contributed by atoms with E-state index in [-0.39, 0.29) is 5.92 Å². The third kappa shape index (κ3) is 3.09. The third-order valence-electron chi connectivity index (χ3n) is 3.32. The highest BCUT2D eigenvalue weighted by Crippen LogP contribution is 2.33. The number of rotatable bonds is 5. The van der Waals surface area contributed by atoms with Crippen LogP contribution in [0.2, 0.25) is 0 Å². The molecule has 3 heteroatoms. The Morgan fingerprint density at radius 3 is 2.82 bits per heavy atom. The fourth-order valence-electron chi connectivity index (χ4n) is 1.87. The quantitative estimate of drug-likeness (QED) is 0.766. The number of carbonyl (C=O) groups is 1. The highest BCUT2D eigenvalue weighted by Gasteiger charge is 2.20. The molecule has 0 radical (unpaired) electrons. The highest BCUT2D eigenvalue weighted by atomic mass is 79.9. The third-order valence-corrected chi connectivity index (χ3v) is 3.94. The Hall–Kier alpha value is -0.830. The minimum Gasteiger partial charge on any atom is -0.489 e. The summed E-state index contributed by atoms with van der Waals surface area (Å²) in [5.74, 6) is 1.18. The van der Waals surface area contributed by atoms with Gasteiger partial charge in [0.05, 0.1) is 10.6 Å². The maximum absolute atomic E-state index is 10.5. The Bertz CT molecular complexity index is 399. The Labute approximate surface area is 110 Å². The van der Waals surface area contributed by atoms with E-state index >= 15 is 0 Å². The number of carbonyl (C=O) groups excluding carboxylic acids is 1. The van der Waals surface area contributed by atoms with E-state index in [0.717, 1.165) is 29.4 Å². The smallest absolute Gasteiger partial charge is 0.133 e. The van der Waals surface area contributed by atoms with Crippen molar-refractivity contribution in [1.82, 2.24) is 0 Å². The summed E-state index contributed by atoms with van der Waals surface area (Å²) >= 11 is 3.53. The summed E-state index contributed by atoms with van der Waals surface area (Å²) in [6.45, 7) is 2.06. The van der Waals surface area contributed by atoms with Crippen molar-refractivity contribution in [2.24, 2.45) is 0 Å². The maximum Gasteiger partial charge on any atom is 0.133 e. The van der Waals surface area contributed by atoms with E-state index in [1.54, 1.807) is 0 Å². The van der Waals surface area contributed by atoms with E-state index < -0.39 is 0 Å². The molecule has 2 nitrogen and oxygen atoms in total. The SMILES string of the molecule is CC(CC=O)c1ccc(OC2CCC2)c(Br)c1. The van der Waals surface area contributed by atoms with Crippen molar-refractivity contribution in [3.05, 3.63) is 28.2 Å². The van der Waals surface area contributed by atoms with Crippen molar-refractivity contribution in [2.75, 3.05) is 0 Å². The van der Waals surface area contributed by atoms with Crippen molar-refractivity contribution in [1.29, 1.82) is 0 Å². The van der Waals surface area contributed by atoms with Gasteiger partial charge < -0.3 is 9.53 Å². The number of halogens is 1. The summed E-state index contributed by atoms with van der Waals surface area (Å²) in [7, 11) is 0. The molecule has 0 aromatic heterocycles. The first-order valence-electron chi connectivity index (χ1n) is 6.10. The van der Waals surface area contributed by atoms with Gasteiger partial charge >= 0.3 is 0 Å². The minimum absolute atomic E-state index is 0.265. The molecule has 92 valence electrons. The second kappa shape index (κ2) is 5.67. The van der Waals surface area contributed by atoms with Crippen molar-refractivity contribution in [2.45, 2.75) is 44.6 Å². The van der Waals surface area contributed by atoms with Crippen LogP contribution in [0.1, 0.15) is 44.1 Å². The van der Waals surface area contributed by atoms with Gasteiger partial charge in [-0.2, -0.15) is 0 Å². The first-order chi connectivity index (χ1) is 8.20. The fourth-order valence-corrected chi connectivity index (χ4v) is 2.36. The molecule has 0 aliphatic heterocycles. The van der Waals surface area contributed by atoms with E-state index in [9.17, 15) is 4.79 Å². The molecule has 1 aromatic rings. The predicted molar refractivity (Wildman–Crippen MR) is 71.5 cm³/mol. The minimum atomic E-state index is 0.265. The summed E-state index contributed by atoms with van der Waals surface area (Å²) in [4.78, 5) is 10.5. The summed E-state index contributed by atoms with van der Waals surface area (Å²) < 4.78 is 6.85. The lowest BCUT2D eigenvalue weighted by Gasteiger charge is -2.27. The summed E-state index contributed by atoms with van der Waals surface area (Å²) in [5.41, 5.74) is 1.17. The van der Waals surface area contributed by atoms with E-state index in [0.29, 0.717) is 12.5 Å². The van der Waals surface area contributed by atoms with Crippen LogP contribution in [0.5, 0.6) is 5.75 Å². The molecule has 1 aliphatic rings. The predicted octanol–water partition coefficient (Wildman–Crippen LogP) is 4.07. The Kier molecular flexibility index (Phi) is 4.21. The molecule has 1 aromatic carbocycles. The molecule has 1 atom stereocenters. The molecule has 0 N–H and O–H groups in total. The average Bonchev–Trinajstić information content (AvgIpc) is 2.25. The number of hydrogen-bond donors (Lipinski definition) is 0. The lowest BCUT2D eigenvalue weighted by atomic mass is 9.96. The average molecular weight is 297 g/mol. The van der Waals surface area contributed by atoms with Crippen LogP contribution in [0.3, 0.4) is 0 Å². The van der Waals surface area contributed by atoms with Crippen molar-refractivity contribution >= 4 is 22.2 Å². The largest absolute Gasteiger partial charge is 0.489 e. The van der Waals surface area contributed by atoms with Gasteiger partial charge in [0.2, 0.25) is 0 Å². The first-order valence-corrected chi connectivity index (χ1v) is 6.89. The van der Waals surface area contributed by atoms with Gasteiger partial charge in [-0.25, -0.2) is 0 Å². The van der Waals surface area contributed by atoms with Crippen LogP contribution < -0.4 is 4.74 Å². The second-order valence-electron chi connectivity index (χ2n) is 4.66. The summed E-state index contributed by atoms with van der Waals surface area (Å²) in [6.07, 6.45) is 5.53. The number of hydrogen-bond acceptors (Lipinski definition) is 2. The number of aldehydes is 1. The van der Waals surface area contributed by atoms with Gasteiger partial charge in [-0.15, -0.1) is 0 Å². The monoisotopic (exact) mass is 296 g/mol. The molecular weight excluding hydrogens is 280 g/mol. The van der Waals surface area contributed by atoms with Gasteiger partial charge in [-0.3, -0.25) is 0 Å². The molecule has 17 heavy (non-hydrogen) atoms. The van der Waals surface area contributed by atoms with Crippen molar-refractivity contribution in [3.8, 4) is 5.75 Å². The molecule has 1 aliphatic carbocycles.